The fourth-order valence-corrected chi connectivity index (χ4v) is 1.84. The van der Waals surface area contributed by atoms with Gasteiger partial charge in [-0.3, -0.25) is 0 Å². The van der Waals surface area contributed by atoms with Crippen LogP contribution in [0.4, 0.5) is 5.82 Å². The Hall–Kier alpha value is -2.14. The number of nitrogens with one attached hydrogen (secondary N) is 1. The van der Waals surface area contributed by atoms with Gasteiger partial charge in [-0.05, 0) is 18.1 Å². The molecule has 1 heterocycles. The Morgan fingerprint density at radius 2 is 2.00 bits per heavy atom. The number of nitrogens with zero attached hydrogens (tertiary/aromatic N) is 2. The van der Waals surface area contributed by atoms with Crippen LogP contribution in [-0.4, -0.2) is 9.97 Å². The Labute approximate surface area is 119 Å². The van der Waals surface area contributed by atoms with Gasteiger partial charge in [0.2, 0.25) is 5.88 Å². The molecule has 0 aliphatic carbocycles. The van der Waals surface area contributed by atoms with Gasteiger partial charge < -0.3 is 10.2 Å². The molecule has 1 aromatic heterocycles. The van der Waals surface area contributed by atoms with E-state index in [1.165, 1.54) is 0 Å². The summed E-state index contributed by atoms with van der Waals surface area (Å²) < 4.78 is 5.89. The minimum atomic E-state index is 0.201. The summed E-state index contributed by atoms with van der Waals surface area (Å²) in [6.45, 7) is 6.15. The number of aryl methyl sites for hydroxylation is 1. The van der Waals surface area contributed by atoms with Gasteiger partial charge in [0.15, 0.2) is 0 Å². The van der Waals surface area contributed by atoms with Crippen LogP contribution in [0.1, 0.15) is 38.1 Å². The van der Waals surface area contributed by atoms with E-state index in [0.717, 1.165) is 17.7 Å². The standard InChI is InChI=1S/C15H20N4O/c1-4-11-7-5-6-8-12(11)20-14-9-13(19-16)17-15(18-14)10(2)3/h5-10H,4,16H2,1-3H3,(H,17,18,19). The maximum absolute atomic E-state index is 5.89. The highest BCUT2D eigenvalue weighted by atomic mass is 16.5. The second-order valence-corrected chi connectivity index (χ2v) is 4.81. The lowest BCUT2D eigenvalue weighted by Gasteiger charge is -2.12. The molecule has 0 spiro atoms. The van der Waals surface area contributed by atoms with Crippen LogP contribution in [-0.2, 0) is 6.42 Å². The van der Waals surface area contributed by atoms with Gasteiger partial charge in [0.05, 0.1) is 0 Å². The maximum Gasteiger partial charge on any atom is 0.224 e. The van der Waals surface area contributed by atoms with Crippen molar-refractivity contribution in [2.45, 2.75) is 33.1 Å². The molecule has 3 N–H and O–H groups in total. The molecule has 0 bridgehead atoms. The van der Waals surface area contributed by atoms with Crippen molar-refractivity contribution in [2.24, 2.45) is 5.84 Å². The van der Waals surface area contributed by atoms with Crippen LogP contribution in [0.3, 0.4) is 0 Å². The van der Waals surface area contributed by atoms with Crippen LogP contribution in [0, 0.1) is 0 Å². The largest absolute Gasteiger partial charge is 0.439 e. The number of hydrazine groups is 1. The number of aromatic nitrogens is 2. The number of nitrogens with two attached hydrogens (primary N) is 1. The summed E-state index contributed by atoms with van der Waals surface area (Å²) in [4.78, 5) is 8.73. The molecule has 1 aromatic carbocycles. The molecule has 0 atom stereocenters. The lowest BCUT2D eigenvalue weighted by Crippen LogP contribution is -2.11. The van der Waals surface area contributed by atoms with Crippen molar-refractivity contribution in [3.8, 4) is 11.6 Å². The predicted octanol–water partition coefficient (Wildman–Crippen LogP) is 3.24. The second-order valence-electron chi connectivity index (χ2n) is 4.81. The van der Waals surface area contributed by atoms with Gasteiger partial charge in [-0.15, -0.1) is 0 Å². The normalized spacial score (nSPS) is 10.7. The van der Waals surface area contributed by atoms with Gasteiger partial charge in [0.1, 0.15) is 17.4 Å². The zero-order valence-electron chi connectivity index (χ0n) is 12.1. The summed E-state index contributed by atoms with van der Waals surface area (Å²) in [7, 11) is 0. The first-order valence-electron chi connectivity index (χ1n) is 6.75. The molecule has 0 saturated heterocycles. The first-order valence-corrected chi connectivity index (χ1v) is 6.75. The zero-order chi connectivity index (χ0) is 14.5. The maximum atomic E-state index is 5.89. The molecule has 0 radical (unpaired) electrons. The molecular formula is C15H20N4O. The fraction of sp³-hybridized carbons (Fsp3) is 0.333. The van der Waals surface area contributed by atoms with Gasteiger partial charge in [-0.25, -0.2) is 10.8 Å². The van der Waals surface area contributed by atoms with Gasteiger partial charge in [0, 0.05) is 12.0 Å². The molecule has 5 nitrogen and oxygen atoms in total. The highest BCUT2D eigenvalue weighted by Gasteiger charge is 2.10. The molecule has 0 unspecified atom stereocenters. The lowest BCUT2D eigenvalue weighted by molar-refractivity contribution is 0.452. The number of nitrogen functional groups attached to an aromatic ring is 1. The third kappa shape index (κ3) is 3.24. The minimum absolute atomic E-state index is 0.201. The van der Waals surface area contributed by atoms with Crippen LogP contribution in [0.25, 0.3) is 0 Å². The topological polar surface area (TPSA) is 73.1 Å². The summed E-state index contributed by atoms with van der Waals surface area (Å²) in [6.07, 6.45) is 0.903. The number of anilines is 1. The zero-order valence-corrected chi connectivity index (χ0v) is 12.1. The number of para-hydroxylation sites is 1. The number of hydrogen-bond donors (Lipinski definition) is 2. The van der Waals surface area contributed by atoms with E-state index in [2.05, 4.69) is 22.3 Å². The van der Waals surface area contributed by atoms with Gasteiger partial charge >= 0.3 is 0 Å². The molecule has 106 valence electrons. The predicted molar refractivity (Wildman–Crippen MR) is 79.8 cm³/mol. The van der Waals surface area contributed by atoms with E-state index in [1.807, 2.05) is 38.1 Å². The van der Waals surface area contributed by atoms with Crippen molar-refractivity contribution in [2.75, 3.05) is 5.43 Å². The quantitative estimate of drug-likeness (QED) is 0.645. The summed E-state index contributed by atoms with van der Waals surface area (Å²) in [5.41, 5.74) is 3.68. The van der Waals surface area contributed by atoms with Crippen LogP contribution < -0.4 is 16.0 Å². The monoisotopic (exact) mass is 272 g/mol. The number of rotatable bonds is 5. The summed E-state index contributed by atoms with van der Waals surface area (Å²) in [6, 6.07) is 9.62. The lowest BCUT2D eigenvalue weighted by atomic mass is 10.1. The summed E-state index contributed by atoms with van der Waals surface area (Å²) in [5, 5.41) is 0. The Morgan fingerprint density at radius 1 is 1.25 bits per heavy atom. The summed E-state index contributed by atoms with van der Waals surface area (Å²) >= 11 is 0. The molecule has 5 heteroatoms. The third-order valence-electron chi connectivity index (χ3n) is 2.95. The van der Waals surface area contributed by atoms with Gasteiger partial charge in [-0.2, -0.15) is 4.98 Å². The molecule has 0 aliphatic rings. The average Bonchev–Trinajstić information content (AvgIpc) is 2.47. The number of benzene rings is 1. The van der Waals surface area contributed by atoms with E-state index < -0.39 is 0 Å². The van der Waals surface area contributed by atoms with Gasteiger partial charge in [0.25, 0.3) is 0 Å². The number of ether oxygens (including phenoxy) is 1. The third-order valence-corrected chi connectivity index (χ3v) is 2.95. The van der Waals surface area contributed by atoms with Crippen LogP contribution in [0.2, 0.25) is 0 Å². The molecule has 0 fully saturated rings. The highest BCUT2D eigenvalue weighted by molar-refractivity contribution is 5.41. The van der Waals surface area contributed by atoms with E-state index in [1.54, 1.807) is 6.07 Å². The Bertz CT molecular complexity index is 584. The molecule has 0 aliphatic heterocycles. The fourth-order valence-electron chi connectivity index (χ4n) is 1.84. The first-order chi connectivity index (χ1) is 9.63. The van der Waals surface area contributed by atoms with Crippen LogP contribution in [0.5, 0.6) is 11.6 Å². The molecule has 20 heavy (non-hydrogen) atoms. The molecular weight excluding hydrogens is 252 g/mol. The second kappa shape index (κ2) is 6.34. The highest BCUT2D eigenvalue weighted by Crippen LogP contribution is 2.26. The van der Waals surface area contributed by atoms with Crippen molar-refractivity contribution in [3.63, 3.8) is 0 Å². The van der Waals surface area contributed by atoms with Gasteiger partial charge in [-0.1, -0.05) is 39.0 Å². The Balaban J connectivity index is 2.35. The SMILES string of the molecule is CCc1ccccc1Oc1cc(NN)nc(C(C)C)n1. The van der Waals surface area contributed by atoms with Crippen molar-refractivity contribution < 1.29 is 4.74 Å². The first kappa shape index (κ1) is 14.3. The number of hydrogen-bond acceptors (Lipinski definition) is 5. The molecule has 2 rings (SSSR count). The average molecular weight is 272 g/mol. The van der Waals surface area contributed by atoms with Crippen molar-refractivity contribution >= 4 is 5.82 Å². The Morgan fingerprint density at radius 3 is 2.65 bits per heavy atom. The molecule has 2 aromatic rings. The van der Waals surface area contributed by atoms with E-state index in [9.17, 15) is 0 Å². The summed E-state index contributed by atoms with van der Waals surface area (Å²) in [5.74, 6) is 8.20. The van der Waals surface area contributed by atoms with Crippen LogP contribution >= 0.6 is 0 Å². The van der Waals surface area contributed by atoms with E-state index in [0.29, 0.717) is 17.5 Å². The smallest absolute Gasteiger partial charge is 0.224 e. The van der Waals surface area contributed by atoms with Crippen molar-refractivity contribution in [3.05, 3.63) is 41.7 Å². The molecule has 0 amide bonds. The molecule has 0 saturated carbocycles. The Kier molecular flexibility index (Phi) is 4.53. The van der Waals surface area contributed by atoms with E-state index in [-0.39, 0.29) is 5.92 Å². The van der Waals surface area contributed by atoms with E-state index in [4.69, 9.17) is 10.6 Å². The minimum Gasteiger partial charge on any atom is -0.439 e. The van der Waals surface area contributed by atoms with Crippen molar-refractivity contribution in [1.29, 1.82) is 0 Å². The van der Waals surface area contributed by atoms with Crippen LogP contribution in [0.15, 0.2) is 30.3 Å². The van der Waals surface area contributed by atoms with Crippen molar-refractivity contribution in [1.82, 2.24) is 9.97 Å². The van der Waals surface area contributed by atoms with E-state index >= 15 is 0 Å².